The van der Waals surface area contributed by atoms with Gasteiger partial charge in [-0.25, -0.2) is 4.98 Å². The van der Waals surface area contributed by atoms with Gasteiger partial charge in [-0.2, -0.15) is 5.10 Å². The molecule has 1 fully saturated rings. The van der Waals surface area contributed by atoms with Crippen molar-refractivity contribution in [1.82, 2.24) is 25.0 Å². The van der Waals surface area contributed by atoms with Gasteiger partial charge in [0.1, 0.15) is 11.9 Å². The van der Waals surface area contributed by atoms with Gasteiger partial charge in [0.05, 0.1) is 19.3 Å². The van der Waals surface area contributed by atoms with Crippen LogP contribution in [0.3, 0.4) is 0 Å². The van der Waals surface area contributed by atoms with E-state index in [4.69, 9.17) is 4.74 Å². The van der Waals surface area contributed by atoms with E-state index in [1.54, 1.807) is 6.20 Å². The lowest BCUT2D eigenvalue weighted by Gasteiger charge is -2.34. The van der Waals surface area contributed by atoms with Crippen molar-refractivity contribution in [2.24, 2.45) is 12.0 Å². The molecule has 8 heteroatoms. The molecule has 1 unspecified atom stereocenters. The molecule has 2 aromatic heterocycles. The summed E-state index contributed by atoms with van der Waals surface area (Å²) in [7, 11) is 3.76. The highest BCUT2D eigenvalue weighted by Crippen LogP contribution is 2.21. The Hall–Kier alpha value is -2.61. The number of guanidine groups is 1. The normalized spacial score (nSPS) is 17.8. The van der Waals surface area contributed by atoms with Crippen LogP contribution in [0.1, 0.15) is 24.5 Å². The maximum Gasteiger partial charge on any atom is 0.193 e. The zero-order valence-electron chi connectivity index (χ0n) is 16.1. The van der Waals surface area contributed by atoms with Crippen LogP contribution in [0.15, 0.2) is 41.8 Å². The number of morpholine rings is 1. The third-order valence-electron chi connectivity index (χ3n) is 4.53. The van der Waals surface area contributed by atoms with Crippen molar-refractivity contribution in [3.05, 3.63) is 42.4 Å². The van der Waals surface area contributed by atoms with Gasteiger partial charge >= 0.3 is 0 Å². The number of anilines is 1. The zero-order valence-corrected chi connectivity index (χ0v) is 16.1. The molecule has 8 nitrogen and oxygen atoms in total. The largest absolute Gasteiger partial charge is 0.370 e. The van der Waals surface area contributed by atoms with Gasteiger partial charge in [0.2, 0.25) is 0 Å². The summed E-state index contributed by atoms with van der Waals surface area (Å²) >= 11 is 0. The number of aromatic nitrogens is 3. The molecule has 3 rings (SSSR count). The number of unbranched alkanes of at least 4 members (excludes halogenated alkanes) is 1. The van der Waals surface area contributed by atoms with Crippen LogP contribution in [0.25, 0.3) is 0 Å². The molecular formula is C19H29N7O. The Balaban J connectivity index is 1.38. The molecule has 2 N–H and O–H groups in total. The zero-order chi connectivity index (χ0) is 18.9. The van der Waals surface area contributed by atoms with Crippen molar-refractivity contribution in [3.63, 3.8) is 0 Å². The van der Waals surface area contributed by atoms with Gasteiger partial charge < -0.3 is 20.3 Å². The van der Waals surface area contributed by atoms with Gasteiger partial charge in [-0.15, -0.1) is 0 Å². The predicted octanol–water partition coefficient (Wildman–Crippen LogP) is 1.66. The van der Waals surface area contributed by atoms with Crippen molar-refractivity contribution in [2.45, 2.75) is 18.9 Å². The molecule has 0 saturated carbocycles. The first-order valence-electron chi connectivity index (χ1n) is 9.47. The topological polar surface area (TPSA) is 79.6 Å². The molecule has 1 saturated heterocycles. The maximum absolute atomic E-state index is 5.91. The van der Waals surface area contributed by atoms with E-state index in [1.807, 2.05) is 49.4 Å². The average Bonchev–Trinajstić information content (AvgIpc) is 3.15. The van der Waals surface area contributed by atoms with Crippen molar-refractivity contribution in [3.8, 4) is 0 Å². The predicted molar refractivity (Wildman–Crippen MR) is 107 cm³/mol. The van der Waals surface area contributed by atoms with Crippen LogP contribution < -0.4 is 10.6 Å². The molecule has 146 valence electrons. The second-order valence-corrected chi connectivity index (χ2v) is 6.58. The summed E-state index contributed by atoms with van der Waals surface area (Å²) in [6, 6.07) is 5.89. The fraction of sp³-hybridized carbons (Fsp3) is 0.526. The van der Waals surface area contributed by atoms with E-state index in [2.05, 4.69) is 30.6 Å². The monoisotopic (exact) mass is 371 g/mol. The van der Waals surface area contributed by atoms with Crippen LogP contribution in [0, 0.1) is 0 Å². The molecule has 0 aliphatic carbocycles. The quantitative estimate of drug-likeness (QED) is 0.438. The summed E-state index contributed by atoms with van der Waals surface area (Å²) < 4.78 is 7.72. The van der Waals surface area contributed by atoms with Gasteiger partial charge in [0.25, 0.3) is 0 Å². The average molecular weight is 371 g/mol. The van der Waals surface area contributed by atoms with Crippen molar-refractivity contribution >= 4 is 11.8 Å². The van der Waals surface area contributed by atoms with E-state index in [9.17, 15) is 0 Å². The highest BCUT2D eigenvalue weighted by molar-refractivity contribution is 5.80. The lowest BCUT2D eigenvalue weighted by Crippen LogP contribution is -2.48. The molecular weight excluding hydrogens is 342 g/mol. The van der Waals surface area contributed by atoms with Crippen molar-refractivity contribution in [1.29, 1.82) is 0 Å². The standard InChI is InChI=1S/C19H29N7O/c1-20-19(23-10-6-5-9-22-18-7-3-4-8-21-18)26-11-12-27-17(15-26)16-13-24-25(2)14-16/h3-4,7-8,13-14,17H,5-6,9-12,15H2,1-2H3,(H,20,23)(H,21,22). The number of nitrogens with zero attached hydrogens (tertiary/aromatic N) is 5. The van der Waals surface area contributed by atoms with Crippen molar-refractivity contribution < 1.29 is 4.74 Å². The highest BCUT2D eigenvalue weighted by Gasteiger charge is 2.24. The lowest BCUT2D eigenvalue weighted by atomic mass is 10.1. The number of aryl methyl sites for hydroxylation is 1. The molecule has 1 aliphatic rings. The Morgan fingerprint density at radius 1 is 1.33 bits per heavy atom. The Kier molecular flexibility index (Phi) is 7.04. The van der Waals surface area contributed by atoms with Crippen molar-refractivity contribution in [2.75, 3.05) is 45.2 Å². The minimum Gasteiger partial charge on any atom is -0.370 e. The first-order valence-corrected chi connectivity index (χ1v) is 9.47. The summed E-state index contributed by atoms with van der Waals surface area (Å²) in [6.07, 6.45) is 7.86. The van der Waals surface area contributed by atoms with E-state index in [1.165, 1.54) is 0 Å². The molecule has 0 spiro atoms. The molecule has 0 radical (unpaired) electrons. The van der Waals surface area contributed by atoms with E-state index in [0.29, 0.717) is 6.61 Å². The summed E-state index contributed by atoms with van der Waals surface area (Å²) in [4.78, 5) is 11.0. The van der Waals surface area contributed by atoms with Crippen LogP contribution in [-0.4, -0.2) is 65.5 Å². The van der Waals surface area contributed by atoms with Crippen LogP contribution in [0.4, 0.5) is 5.82 Å². The number of nitrogens with one attached hydrogen (secondary N) is 2. The molecule has 0 bridgehead atoms. The molecule has 1 atom stereocenters. The Labute approximate surface area is 160 Å². The molecule has 1 aliphatic heterocycles. The number of hydrogen-bond donors (Lipinski definition) is 2. The molecule has 2 aromatic rings. The Bertz CT molecular complexity index is 716. The lowest BCUT2D eigenvalue weighted by molar-refractivity contribution is -0.00801. The van der Waals surface area contributed by atoms with Gasteiger partial charge in [0.15, 0.2) is 5.96 Å². The number of rotatable bonds is 7. The second-order valence-electron chi connectivity index (χ2n) is 6.58. The van der Waals surface area contributed by atoms with Crippen LogP contribution in [-0.2, 0) is 11.8 Å². The molecule has 0 amide bonds. The fourth-order valence-electron chi connectivity index (χ4n) is 3.12. The van der Waals surface area contributed by atoms with E-state index in [-0.39, 0.29) is 6.10 Å². The Morgan fingerprint density at radius 3 is 2.96 bits per heavy atom. The van der Waals surface area contributed by atoms with E-state index < -0.39 is 0 Å². The Morgan fingerprint density at radius 2 is 2.22 bits per heavy atom. The minimum atomic E-state index is 0.0357. The van der Waals surface area contributed by atoms with Crippen LogP contribution >= 0.6 is 0 Å². The minimum absolute atomic E-state index is 0.0357. The summed E-state index contributed by atoms with van der Waals surface area (Å²) in [5, 5.41) is 11.0. The van der Waals surface area contributed by atoms with E-state index in [0.717, 1.165) is 56.4 Å². The molecule has 0 aromatic carbocycles. The van der Waals surface area contributed by atoms with Gasteiger partial charge in [-0.05, 0) is 25.0 Å². The molecule has 3 heterocycles. The highest BCUT2D eigenvalue weighted by atomic mass is 16.5. The van der Waals surface area contributed by atoms with Gasteiger partial charge in [-0.3, -0.25) is 9.67 Å². The first kappa shape index (κ1) is 19.2. The van der Waals surface area contributed by atoms with E-state index >= 15 is 0 Å². The third kappa shape index (κ3) is 5.68. The van der Waals surface area contributed by atoms with Gasteiger partial charge in [0, 0.05) is 51.7 Å². The smallest absolute Gasteiger partial charge is 0.193 e. The fourth-order valence-corrected chi connectivity index (χ4v) is 3.12. The number of hydrogen-bond acceptors (Lipinski definition) is 5. The summed E-state index contributed by atoms with van der Waals surface area (Å²) in [5.41, 5.74) is 1.11. The SMILES string of the molecule is CN=C(NCCCCNc1ccccn1)N1CCOC(c2cnn(C)c2)C1. The summed E-state index contributed by atoms with van der Waals surface area (Å²) in [5.74, 6) is 1.86. The second kappa shape index (κ2) is 9.91. The maximum atomic E-state index is 5.91. The first-order chi connectivity index (χ1) is 13.3. The summed E-state index contributed by atoms with van der Waals surface area (Å²) in [6.45, 7) is 4.13. The number of ether oxygens (including phenoxy) is 1. The van der Waals surface area contributed by atoms with Crippen LogP contribution in [0.5, 0.6) is 0 Å². The number of aliphatic imine (C=N–C) groups is 1. The number of pyridine rings is 1. The molecule has 27 heavy (non-hydrogen) atoms. The third-order valence-corrected chi connectivity index (χ3v) is 4.53. The van der Waals surface area contributed by atoms with Gasteiger partial charge in [-0.1, -0.05) is 6.07 Å². The van der Waals surface area contributed by atoms with Crippen LogP contribution in [0.2, 0.25) is 0 Å².